The van der Waals surface area contributed by atoms with Crippen molar-refractivity contribution in [1.82, 2.24) is 5.32 Å². The van der Waals surface area contributed by atoms with Crippen LogP contribution < -0.4 is 5.32 Å². The van der Waals surface area contributed by atoms with E-state index in [0.717, 1.165) is 18.4 Å². The molecule has 0 spiro atoms. The smallest absolute Gasteiger partial charge is 0.325 e. The summed E-state index contributed by atoms with van der Waals surface area (Å²) < 4.78 is 0. The summed E-state index contributed by atoms with van der Waals surface area (Å²) in [5.41, 5.74) is 2.10. The molecule has 0 aliphatic carbocycles. The van der Waals surface area contributed by atoms with Gasteiger partial charge < -0.3 is 5.11 Å². The first-order valence-corrected chi connectivity index (χ1v) is 6.70. The fourth-order valence-electron chi connectivity index (χ4n) is 2.95. The molecular weight excluding hydrogens is 238 g/mol. The van der Waals surface area contributed by atoms with Crippen LogP contribution in [0.5, 0.6) is 0 Å². The number of benzene rings is 2. The molecule has 0 radical (unpaired) electrons. The summed E-state index contributed by atoms with van der Waals surface area (Å²) in [6.45, 7) is 2.09. The second-order valence-corrected chi connectivity index (χ2v) is 5.10. The number of carboxylic acids is 1. The summed E-state index contributed by atoms with van der Waals surface area (Å²) in [5.74, 6) is -0.797. The van der Waals surface area contributed by atoms with Crippen molar-refractivity contribution in [1.29, 1.82) is 0 Å². The van der Waals surface area contributed by atoms with E-state index in [2.05, 4.69) is 24.4 Å². The summed E-state index contributed by atoms with van der Waals surface area (Å²) in [7, 11) is 0. The highest BCUT2D eigenvalue weighted by Gasteiger charge is 2.30. The van der Waals surface area contributed by atoms with Crippen molar-refractivity contribution in [2.75, 3.05) is 0 Å². The van der Waals surface area contributed by atoms with Crippen molar-refractivity contribution >= 4 is 16.7 Å². The van der Waals surface area contributed by atoms with Crippen LogP contribution >= 0.6 is 0 Å². The molecule has 0 amide bonds. The lowest BCUT2D eigenvalue weighted by Gasteiger charge is -2.31. The first kappa shape index (κ1) is 12.2. The van der Waals surface area contributed by atoms with Gasteiger partial charge in [0, 0.05) is 6.04 Å². The Bertz CT molecular complexity index is 636. The van der Waals surface area contributed by atoms with Gasteiger partial charge in [-0.1, -0.05) is 43.3 Å². The van der Waals surface area contributed by atoms with E-state index in [1.807, 2.05) is 24.3 Å². The standard InChI is InChI=1S/C16H17NO2/c1-2-11-9-14-12-6-4-3-5-10(12)7-8-13(14)15(17-11)16(18)19/h3-8,11,15,17H,2,9H2,1H3,(H,18,19). The molecule has 98 valence electrons. The van der Waals surface area contributed by atoms with Crippen LogP contribution in [0, 0.1) is 0 Å². The average Bonchev–Trinajstić information content (AvgIpc) is 2.45. The number of hydrogen-bond donors (Lipinski definition) is 2. The third kappa shape index (κ3) is 2.00. The zero-order chi connectivity index (χ0) is 13.4. The molecule has 0 bridgehead atoms. The molecule has 3 nitrogen and oxygen atoms in total. The average molecular weight is 255 g/mol. The van der Waals surface area contributed by atoms with E-state index in [9.17, 15) is 9.90 Å². The van der Waals surface area contributed by atoms with Crippen molar-refractivity contribution < 1.29 is 9.90 Å². The number of rotatable bonds is 2. The fourth-order valence-corrected chi connectivity index (χ4v) is 2.95. The first-order chi connectivity index (χ1) is 9.20. The van der Waals surface area contributed by atoms with Crippen LogP contribution in [-0.4, -0.2) is 17.1 Å². The van der Waals surface area contributed by atoms with E-state index in [1.54, 1.807) is 0 Å². The van der Waals surface area contributed by atoms with E-state index in [1.165, 1.54) is 16.3 Å². The molecule has 2 unspecified atom stereocenters. The van der Waals surface area contributed by atoms with Gasteiger partial charge in [-0.05, 0) is 34.7 Å². The van der Waals surface area contributed by atoms with E-state index >= 15 is 0 Å². The minimum absolute atomic E-state index is 0.236. The SMILES string of the molecule is CCC1Cc2c(ccc3ccccc23)C(C(=O)O)N1. The van der Waals surface area contributed by atoms with Crippen LogP contribution in [0.3, 0.4) is 0 Å². The maximum absolute atomic E-state index is 11.5. The predicted octanol–water partition coefficient (Wildman–Crippen LogP) is 2.89. The molecule has 1 heterocycles. The second-order valence-electron chi connectivity index (χ2n) is 5.10. The number of nitrogens with one attached hydrogen (secondary N) is 1. The molecular formula is C16H17NO2. The van der Waals surface area contributed by atoms with Crippen molar-refractivity contribution in [2.24, 2.45) is 0 Å². The fraction of sp³-hybridized carbons (Fsp3) is 0.312. The van der Waals surface area contributed by atoms with Gasteiger partial charge in [0.1, 0.15) is 6.04 Å². The number of carboxylic acid groups (broad SMARTS) is 1. The molecule has 2 N–H and O–H groups in total. The highest BCUT2D eigenvalue weighted by atomic mass is 16.4. The van der Waals surface area contributed by atoms with E-state index in [0.29, 0.717) is 0 Å². The zero-order valence-corrected chi connectivity index (χ0v) is 10.9. The third-order valence-electron chi connectivity index (χ3n) is 3.98. The highest BCUT2D eigenvalue weighted by Crippen LogP contribution is 2.32. The van der Waals surface area contributed by atoms with Gasteiger partial charge in [-0.25, -0.2) is 0 Å². The Morgan fingerprint density at radius 1 is 1.32 bits per heavy atom. The maximum atomic E-state index is 11.5. The van der Waals surface area contributed by atoms with Gasteiger partial charge in [0.2, 0.25) is 0 Å². The van der Waals surface area contributed by atoms with E-state index in [-0.39, 0.29) is 6.04 Å². The molecule has 3 rings (SSSR count). The Hall–Kier alpha value is -1.87. The topological polar surface area (TPSA) is 49.3 Å². The van der Waals surface area contributed by atoms with Gasteiger partial charge in [0.25, 0.3) is 0 Å². The summed E-state index contributed by atoms with van der Waals surface area (Å²) >= 11 is 0. The van der Waals surface area contributed by atoms with Crippen LogP contribution in [0.15, 0.2) is 36.4 Å². The molecule has 19 heavy (non-hydrogen) atoms. The van der Waals surface area contributed by atoms with Crippen molar-refractivity contribution in [2.45, 2.75) is 31.8 Å². The Balaban J connectivity index is 2.22. The Kier molecular flexibility index (Phi) is 2.99. The largest absolute Gasteiger partial charge is 0.480 e. The van der Waals surface area contributed by atoms with Gasteiger partial charge in [0.15, 0.2) is 0 Å². The van der Waals surface area contributed by atoms with Crippen molar-refractivity contribution in [3.63, 3.8) is 0 Å². The summed E-state index contributed by atoms with van der Waals surface area (Å²) in [6.07, 6.45) is 1.84. The minimum Gasteiger partial charge on any atom is -0.480 e. The van der Waals surface area contributed by atoms with Gasteiger partial charge >= 0.3 is 5.97 Å². The summed E-state index contributed by atoms with van der Waals surface area (Å²) in [4.78, 5) is 11.5. The molecule has 1 aliphatic rings. The Morgan fingerprint density at radius 3 is 2.84 bits per heavy atom. The summed E-state index contributed by atoms with van der Waals surface area (Å²) in [6, 6.07) is 11.8. The second kappa shape index (κ2) is 4.67. The van der Waals surface area contributed by atoms with Crippen molar-refractivity contribution in [3.8, 4) is 0 Å². The molecule has 2 atom stereocenters. The first-order valence-electron chi connectivity index (χ1n) is 6.70. The van der Waals surface area contributed by atoms with Gasteiger partial charge in [-0.15, -0.1) is 0 Å². The third-order valence-corrected chi connectivity index (χ3v) is 3.98. The van der Waals surface area contributed by atoms with Crippen LogP contribution in [-0.2, 0) is 11.2 Å². The lowest BCUT2D eigenvalue weighted by molar-refractivity contribution is -0.140. The molecule has 3 heteroatoms. The van der Waals surface area contributed by atoms with Crippen LogP contribution in [0.25, 0.3) is 10.8 Å². The molecule has 0 aromatic heterocycles. The van der Waals surface area contributed by atoms with E-state index in [4.69, 9.17) is 0 Å². The molecule has 2 aromatic carbocycles. The molecule has 0 saturated heterocycles. The highest BCUT2D eigenvalue weighted by molar-refractivity contribution is 5.89. The Morgan fingerprint density at radius 2 is 2.11 bits per heavy atom. The van der Waals surface area contributed by atoms with Gasteiger partial charge in [-0.2, -0.15) is 0 Å². The van der Waals surface area contributed by atoms with E-state index < -0.39 is 12.0 Å². The number of carbonyl (C=O) groups is 1. The molecule has 1 aliphatic heterocycles. The predicted molar refractivity (Wildman–Crippen MR) is 75.2 cm³/mol. The van der Waals surface area contributed by atoms with Gasteiger partial charge in [-0.3, -0.25) is 10.1 Å². The lowest BCUT2D eigenvalue weighted by atomic mass is 9.86. The Labute approximate surface area is 112 Å². The number of hydrogen-bond acceptors (Lipinski definition) is 2. The quantitative estimate of drug-likeness (QED) is 0.867. The molecule has 0 saturated carbocycles. The van der Waals surface area contributed by atoms with Crippen LogP contribution in [0.1, 0.15) is 30.5 Å². The molecule has 0 fully saturated rings. The minimum atomic E-state index is -0.797. The molecule has 2 aromatic rings. The summed E-state index contributed by atoms with van der Waals surface area (Å²) in [5, 5.41) is 15.0. The number of aliphatic carboxylic acids is 1. The zero-order valence-electron chi connectivity index (χ0n) is 10.9. The number of fused-ring (bicyclic) bond motifs is 3. The van der Waals surface area contributed by atoms with Crippen LogP contribution in [0.4, 0.5) is 0 Å². The normalized spacial score (nSPS) is 22.2. The van der Waals surface area contributed by atoms with Gasteiger partial charge in [0.05, 0.1) is 0 Å². The maximum Gasteiger partial charge on any atom is 0.325 e. The lowest BCUT2D eigenvalue weighted by Crippen LogP contribution is -2.42. The monoisotopic (exact) mass is 255 g/mol. The van der Waals surface area contributed by atoms with Crippen molar-refractivity contribution in [3.05, 3.63) is 47.5 Å². The van der Waals surface area contributed by atoms with Crippen LogP contribution in [0.2, 0.25) is 0 Å².